The molecule has 12 heteroatoms. The van der Waals surface area contributed by atoms with Gasteiger partial charge < -0.3 is 20.6 Å². The lowest BCUT2D eigenvalue weighted by molar-refractivity contribution is -0.137. The van der Waals surface area contributed by atoms with Gasteiger partial charge in [0.2, 0.25) is 0 Å². The minimum absolute atomic E-state index is 0.0114. The van der Waals surface area contributed by atoms with Gasteiger partial charge in [0.05, 0.1) is 16.0 Å². The van der Waals surface area contributed by atoms with Crippen LogP contribution in [0.25, 0.3) is 10.4 Å². The Bertz CT molecular complexity index is 1170. The molecule has 1 aliphatic carbocycles. The molecule has 202 valence electrons. The zero-order valence-electron chi connectivity index (χ0n) is 21.3. The highest BCUT2D eigenvalue weighted by atomic mass is 32.1. The Balaban J connectivity index is 1.76. The Morgan fingerprint density at radius 1 is 1.27 bits per heavy atom. The minimum Gasteiger partial charge on any atom is -0.389 e. The molecule has 0 aromatic carbocycles. The van der Waals surface area contributed by atoms with E-state index in [9.17, 15) is 27.9 Å². The van der Waals surface area contributed by atoms with Gasteiger partial charge in [-0.2, -0.15) is 13.2 Å². The first kappa shape index (κ1) is 27.3. The molecule has 0 spiro atoms. The molecule has 37 heavy (non-hydrogen) atoms. The van der Waals surface area contributed by atoms with E-state index in [1.54, 1.807) is 4.90 Å². The minimum atomic E-state index is -4.73. The molecule has 2 aromatic heterocycles. The van der Waals surface area contributed by atoms with Crippen molar-refractivity contribution in [3.05, 3.63) is 28.5 Å². The number of pyridine rings is 1. The number of nitrogens with one attached hydrogen (secondary N) is 2. The van der Waals surface area contributed by atoms with Crippen LogP contribution < -0.4 is 10.6 Å². The average Bonchev–Trinajstić information content (AvgIpc) is 3.43. The summed E-state index contributed by atoms with van der Waals surface area (Å²) >= 11 is 0.712. The first-order valence-corrected chi connectivity index (χ1v) is 13.2. The number of alkyl halides is 3. The lowest BCUT2D eigenvalue weighted by Crippen LogP contribution is -2.38. The lowest BCUT2D eigenvalue weighted by Gasteiger charge is -2.21. The van der Waals surface area contributed by atoms with Crippen molar-refractivity contribution in [2.24, 2.45) is 5.92 Å². The van der Waals surface area contributed by atoms with Gasteiger partial charge in [0.15, 0.2) is 5.01 Å². The molecule has 0 bridgehead atoms. The topological polar surface area (TPSA) is 107 Å². The number of anilines is 1. The molecule has 1 saturated heterocycles. The van der Waals surface area contributed by atoms with E-state index in [-0.39, 0.29) is 45.6 Å². The zero-order valence-corrected chi connectivity index (χ0v) is 22.1. The molecule has 3 N–H and O–H groups in total. The highest BCUT2D eigenvalue weighted by Gasteiger charge is 2.39. The third-order valence-electron chi connectivity index (χ3n) is 6.68. The number of hydrogen-bond acceptors (Lipinski definition) is 7. The summed E-state index contributed by atoms with van der Waals surface area (Å²) < 4.78 is 42.8. The molecule has 2 aromatic rings. The van der Waals surface area contributed by atoms with Gasteiger partial charge >= 0.3 is 6.18 Å². The molecule has 1 saturated carbocycles. The number of amides is 2. The third kappa shape index (κ3) is 6.40. The van der Waals surface area contributed by atoms with Gasteiger partial charge in [-0.1, -0.05) is 0 Å². The molecular formula is C25H32F3N5O3S. The van der Waals surface area contributed by atoms with E-state index in [2.05, 4.69) is 20.6 Å². The maximum Gasteiger partial charge on any atom is 0.417 e. The second kappa shape index (κ2) is 10.2. The largest absolute Gasteiger partial charge is 0.417 e. The number of hydrogen-bond donors (Lipinski definition) is 3. The van der Waals surface area contributed by atoms with Gasteiger partial charge in [0.1, 0.15) is 11.5 Å². The molecule has 2 fully saturated rings. The maximum atomic E-state index is 14.3. The van der Waals surface area contributed by atoms with Crippen molar-refractivity contribution in [3.63, 3.8) is 0 Å². The third-order valence-corrected chi connectivity index (χ3v) is 7.77. The van der Waals surface area contributed by atoms with Crippen molar-refractivity contribution in [2.45, 2.75) is 77.2 Å². The molecule has 4 rings (SSSR count). The fourth-order valence-electron chi connectivity index (χ4n) is 4.39. The molecule has 2 atom stereocenters. The van der Waals surface area contributed by atoms with Crippen LogP contribution in [-0.2, 0) is 6.18 Å². The highest BCUT2D eigenvalue weighted by molar-refractivity contribution is 7.17. The Hall–Kier alpha value is -2.73. The van der Waals surface area contributed by atoms with Crippen molar-refractivity contribution >= 4 is 29.0 Å². The van der Waals surface area contributed by atoms with Crippen molar-refractivity contribution in [3.8, 4) is 10.4 Å². The first-order chi connectivity index (χ1) is 17.2. The smallest absolute Gasteiger partial charge is 0.389 e. The summed E-state index contributed by atoms with van der Waals surface area (Å²) in [6, 6.07) is 0.849. The van der Waals surface area contributed by atoms with Crippen LogP contribution in [0.3, 0.4) is 0 Å². The summed E-state index contributed by atoms with van der Waals surface area (Å²) in [6.45, 7) is 7.16. The summed E-state index contributed by atoms with van der Waals surface area (Å²) in [5, 5.41) is 15.4. The molecule has 1 unspecified atom stereocenters. The van der Waals surface area contributed by atoms with Gasteiger partial charge in [0, 0.05) is 36.9 Å². The van der Waals surface area contributed by atoms with Crippen molar-refractivity contribution in [1.29, 1.82) is 0 Å². The fraction of sp³-hybridized carbons (Fsp3) is 0.600. The number of carbonyl (C=O) groups excluding carboxylic acids is 2. The zero-order chi connectivity index (χ0) is 27.1. The van der Waals surface area contributed by atoms with Crippen molar-refractivity contribution in [2.75, 3.05) is 18.4 Å². The second-order valence-corrected chi connectivity index (χ2v) is 11.6. The molecule has 0 radical (unpaired) electrons. The highest BCUT2D eigenvalue weighted by Crippen LogP contribution is 2.42. The monoisotopic (exact) mass is 539 g/mol. The van der Waals surface area contributed by atoms with Crippen LogP contribution in [0.1, 0.15) is 79.2 Å². The summed E-state index contributed by atoms with van der Waals surface area (Å²) in [6.07, 6.45) is -0.0256. The summed E-state index contributed by atoms with van der Waals surface area (Å²) in [4.78, 5) is 36.2. The van der Waals surface area contributed by atoms with E-state index >= 15 is 0 Å². The Morgan fingerprint density at radius 2 is 1.97 bits per heavy atom. The van der Waals surface area contributed by atoms with Crippen LogP contribution in [-0.4, -0.2) is 62.6 Å². The van der Waals surface area contributed by atoms with Gasteiger partial charge in [-0.05, 0) is 65.4 Å². The summed E-state index contributed by atoms with van der Waals surface area (Å²) in [5.74, 6) is -0.687. The van der Waals surface area contributed by atoms with Crippen LogP contribution in [0, 0.1) is 5.92 Å². The molecule has 8 nitrogen and oxygen atoms in total. The number of rotatable bonds is 8. The van der Waals surface area contributed by atoms with Crippen molar-refractivity contribution in [1.82, 2.24) is 20.2 Å². The first-order valence-electron chi connectivity index (χ1n) is 12.4. The van der Waals surface area contributed by atoms with E-state index in [0.29, 0.717) is 23.8 Å². The number of nitrogens with zero attached hydrogens (tertiary/aromatic N) is 3. The maximum absolute atomic E-state index is 14.3. The normalized spacial score (nSPS) is 19.1. The quantitative estimate of drug-likeness (QED) is 0.454. The number of halogens is 3. The number of thiazole rings is 1. The molecule has 3 heterocycles. The Morgan fingerprint density at radius 3 is 2.54 bits per heavy atom. The molecule has 1 aliphatic heterocycles. The van der Waals surface area contributed by atoms with Crippen LogP contribution in [0.4, 0.5) is 19.0 Å². The van der Waals surface area contributed by atoms with E-state index in [1.165, 1.54) is 13.8 Å². The standard InChI is InChI=1S/C25H32F3N5O3S/c1-13-6-5-9-33(13)23(35)19-20(37-22(32-19)21(34)30-12-24(3,4)36)16-11-29-18(10-17(16)25(26,27)28)31-14(2)15-7-8-15/h10-11,13-15,36H,5-9,12H2,1-4H3,(H,29,31)(H,30,34)/t13?,14-/m1/s1. The van der Waals surface area contributed by atoms with Crippen LogP contribution in [0.5, 0.6) is 0 Å². The molecule has 2 aliphatic rings. The fourth-order valence-corrected chi connectivity index (χ4v) is 5.38. The van der Waals surface area contributed by atoms with Crippen LogP contribution in [0.15, 0.2) is 12.3 Å². The number of aromatic nitrogens is 2. The van der Waals surface area contributed by atoms with Crippen molar-refractivity contribution < 1.29 is 27.9 Å². The molecular weight excluding hydrogens is 507 g/mol. The van der Waals surface area contributed by atoms with Gasteiger partial charge in [-0.25, -0.2) is 9.97 Å². The van der Waals surface area contributed by atoms with Gasteiger partial charge in [0.25, 0.3) is 11.8 Å². The average molecular weight is 540 g/mol. The molecule has 2 amide bonds. The number of likely N-dealkylation sites (tertiary alicyclic amines) is 1. The SMILES string of the molecule is CC1CCCN1C(=O)c1nc(C(=O)NCC(C)(C)O)sc1-c1cnc(N[C@H](C)C2CC2)cc1C(F)(F)F. The number of aliphatic hydroxyl groups is 1. The lowest BCUT2D eigenvalue weighted by atomic mass is 10.1. The van der Waals surface area contributed by atoms with Crippen LogP contribution >= 0.6 is 11.3 Å². The summed E-state index contributed by atoms with van der Waals surface area (Å²) in [5.41, 5.74) is -2.66. The van der Waals surface area contributed by atoms with Gasteiger partial charge in [-0.15, -0.1) is 11.3 Å². The summed E-state index contributed by atoms with van der Waals surface area (Å²) in [7, 11) is 0. The Kier molecular flexibility index (Phi) is 7.53. The predicted octanol–water partition coefficient (Wildman–Crippen LogP) is 4.56. The van der Waals surface area contributed by atoms with Gasteiger partial charge in [-0.3, -0.25) is 9.59 Å². The van der Waals surface area contributed by atoms with E-state index < -0.39 is 29.2 Å². The van der Waals surface area contributed by atoms with E-state index in [4.69, 9.17) is 0 Å². The number of carbonyl (C=O) groups is 2. The van der Waals surface area contributed by atoms with Crippen LogP contribution in [0.2, 0.25) is 0 Å². The van der Waals surface area contributed by atoms with E-state index in [0.717, 1.165) is 37.9 Å². The van der Waals surface area contributed by atoms with E-state index in [1.807, 2.05) is 13.8 Å². The Labute approximate surface area is 217 Å². The predicted molar refractivity (Wildman–Crippen MR) is 135 cm³/mol. The second-order valence-electron chi connectivity index (χ2n) is 10.6.